The van der Waals surface area contributed by atoms with Crippen LogP contribution in [0.15, 0.2) is 60.7 Å². The van der Waals surface area contributed by atoms with Gasteiger partial charge in [-0.3, -0.25) is 9.59 Å². The molecule has 0 saturated carbocycles. The second-order valence-corrected chi connectivity index (χ2v) is 6.86. The van der Waals surface area contributed by atoms with Crippen LogP contribution in [0.25, 0.3) is 11.3 Å². The summed E-state index contributed by atoms with van der Waals surface area (Å²) in [4.78, 5) is 23.7. The van der Waals surface area contributed by atoms with Crippen molar-refractivity contribution in [1.82, 2.24) is 4.57 Å². The topological polar surface area (TPSA) is 80.6 Å². The van der Waals surface area contributed by atoms with Crippen LogP contribution in [0.1, 0.15) is 12.1 Å². The van der Waals surface area contributed by atoms with Crippen LogP contribution < -0.4 is 10.1 Å². The number of anilines is 1. The number of aromatic nitrogens is 1. The van der Waals surface area contributed by atoms with Crippen molar-refractivity contribution in [3.8, 4) is 17.0 Å². The first-order valence-corrected chi connectivity index (χ1v) is 9.44. The molecule has 0 bridgehead atoms. The van der Waals surface area contributed by atoms with Gasteiger partial charge in [0.05, 0.1) is 18.6 Å². The molecular weight excluding hydrogens is 392 g/mol. The number of carboxylic acid groups (broad SMARTS) is 1. The monoisotopic (exact) mass is 412 g/mol. The highest BCUT2D eigenvalue weighted by molar-refractivity contribution is 6.32. The van der Waals surface area contributed by atoms with Crippen molar-refractivity contribution < 1.29 is 19.4 Å². The Kier molecular flexibility index (Phi) is 6.57. The van der Waals surface area contributed by atoms with E-state index in [1.807, 2.05) is 47.0 Å². The zero-order valence-electron chi connectivity index (χ0n) is 15.9. The number of amides is 1. The summed E-state index contributed by atoms with van der Waals surface area (Å²) >= 11 is 6.12. The van der Waals surface area contributed by atoms with Gasteiger partial charge in [0, 0.05) is 17.1 Å². The number of methoxy groups -OCH3 is 1. The zero-order valence-corrected chi connectivity index (χ0v) is 16.6. The van der Waals surface area contributed by atoms with Crippen LogP contribution in [0.4, 0.5) is 5.69 Å². The van der Waals surface area contributed by atoms with E-state index in [2.05, 4.69) is 5.32 Å². The first-order chi connectivity index (χ1) is 14.0. The fourth-order valence-corrected chi connectivity index (χ4v) is 3.36. The van der Waals surface area contributed by atoms with E-state index in [1.165, 1.54) is 7.11 Å². The highest BCUT2D eigenvalue weighted by atomic mass is 35.5. The molecule has 0 saturated heterocycles. The molecule has 0 fully saturated rings. The van der Waals surface area contributed by atoms with Gasteiger partial charge in [-0.15, -0.1) is 0 Å². The molecule has 0 aliphatic heterocycles. The number of ether oxygens (including phenoxy) is 1. The van der Waals surface area contributed by atoms with E-state index in [1.54, 1.807) is 18.2 Å². The van der Waals surface area contributed by atoms with Crippen LogP contribution >= 0.6 is 11.6 Å². The number of hydrogen-bond donors (Lipinski definition) is 2. The van der Waals surface area contributed by atoms with Crippen LogP contribution in [-0.4, -0.2) is 28.7 Å². The Hall–Kier alpha value is -3.25. The van der Waals surface area contributed by atoms with Crippen molar-refractivity contribution in [3.63, 3.8) is 0 Å². The average Bonchev–Trinajstić information content (AvgIpc) is 3.09. The summed E-state index contributed by atoms with van der Waals surface area (Å²) in [6.07, 6.45) is 0.331. The van der Waals surface area contributed by atoms with E-state index in [4.69, 9.17) is 21.4 Å². The molecule has 2 N–H and O–H groups in total. The van der Waals surface area contributed by atoms with Crippen molar-refractivity contribution in [2.75, 3.05) is 12.4 Å². The third-order valence-electron chi connectivity index (χ3n) is 4.47. The fraction of sp³-hybridized carbons (Fsp3) is 0.182. The van der Waals surface area contributed by atoms with E-state index in [9.17, 15) is 9.59 Å². The maximum atomic E-state index is 12.7. The number of carbonyl (C=O) groups is 2. The largest absolute Gasteiger partial charge is 0.495 e. The lowest BCUT2D eigenvalue weighted by Crippen LogP contribution is -2.21. The molecule has 2 aromatic carbocycles. The molecule has 3 rings (SSSR count). The number of halogens is 1. The molecule has 150 valence electrons. The highest BCUT2D eigenvalue weighted by Gasteiger charge is 2.15. The minimum Gasteiger partial charge on any atom is -0.495 e. The van der Waals surface area contributed by atoms with Gasteiger partial charge in [0.15, 0.2) is 0 Å². The molecule has 0 unspecified atom stereocenters. The summed E-state index contributed by atoms with van der Waals surface area (Å²) in [5.41, 5.74) is 3.15. The Morgan fingerprint density at radius 1 is 1.10 bits per heavy atom. The number of carbonyl (C=O) groups excluding carboxylic acids is 1. The smallest absolute Gasteiger partial charge is 0.303 e. The maximum absolute atomic E-state index is 12.7. The molecule has 0 aliphatic rings. The van der Waals surface area contributed by atoms with Crippen LogP contribution in [0.3, 0.4) is 0 Å². The number of aryl methyl sites for hydroxylation is 1. The zero-order chi connectivity index (χ0) is 20.8. The Morgan fingerprint density at radius 2 is 1.86 bits per heavy atom. The Labute approximate surface area is 173 Å². The van der Waals surface area contributed by atoms with Crippen molar-refractivity contribution >= 4 is 29.2 Å². The summed E-state index contributed by atoms with van der Waals surface area (Å²) in [6, 6.07) is 18.4. The quantitative estimate of drug-likeness (QED) is 0.572. The number of aliphatic carboxylic acids is 1. The van der Waals surface area contributed by atoms with Gasteiger partial charge in [0.2, 0.25) is 5.91 Å². The van der Waals surface area contributed by atoms with Crippen LogP contribution in [-0.2, 0) is 22.6 Å². The fourth-order valence-electron chi connectivity index (χ4n) is 3.10. The van der Waals surface area contributed by atoms with E-state index in [0.29, 0.717) is 22.9 Å². The average molecular weight is 413 g/mol. The van der Waals surface area contributed by atoms with E-state index in [0.717, 1.165) is 17.0 Å². The molecule has 0 spiro atoms. The van der Waals surface area contributed by atoms with Gasteiger partial charge in [-0.25, -0.2) is 0 Å². The first-order valence-electron chi connectivity index (χ1n) is 9.07. The minimum atomic E-state index is -0.878. The predicted molar refractivity (Wildman–Crippen MR) is 112 cm³/mol. The molecule has 1 amide bonds. The van der Waals surface area contributed by atoms with E-state index in [-0.39, 0.29) is 18.9 Å². The molecule has 6 nitrogen and oxygen atoms in total. The lowest BCUT2D eigenvalue weighted by molar-refractivity contribution is -0.137. The Balaban J connectivity index is 1.83. The van der Waals surface area contributed by atoms with Gasteiger partial charge < -0.3 is 19.7 Å². The standard InChI is InChI=1S/C22H21ClN2O4/c1-29-20-11-7-16(13-18(20)23)24-21(26)14-25-17(9-12-22(27)28)8-10-19(25)15-5-3-2-4-6-15/h2-8,10-11,13H,9,12,14H2,1H3,(H,24,26)(H,27,28). The third-order valence-corrected chi connectivity index (χ3v) is 4.77. The van der Waals surface area contributed by atoms with Gasteiger partial charge in [0.1, 0.15) is 12.3 Å². The van der Waals surface area contributed by atoms with Crippen molar-refractivity contribution in [3.05, 3.63) is 71.4 Å². The molecule has 0 atom stereocenters. The number of nitrogens with zero attached hydrogens (tertiary/aromatic N) is 1. The van der Waals surface area contributed by atoms with Crippen molar-refractivity contribution in [2.24, 2.45) is 0 Å². The van der Waals surface area contributed by atoms with Crippen LogP contribution in [0, 0.1) is 0 Å². The van der Waals surface area contributed by atoms with Gasteiger partial charge in [-0.2, -0.15) is 0 Å². The summed E-state index contributed by atoms with van der Waals surface area (Å²) in [7, 11) is 1.52. The molecule has 7 heteroatoms. The van der Waals surface area contributed by atoms with Gasteiger partial charge in [0.25, 0.3) is 0 Å². The van der Waals surface area contributed by atoms with Crippen LogP contribution in [0.2, 0.25) is 5.02 Å². The normalized spacial score (nSPS) is 10.6. The highest BCUT2D eigenvalue weighted by Crippen LogP contribution is 2.28. The van der Waals surface area contributed by atoms with Crippen molar-refractivity contribution in [1.29, 1.82) is 0 Å². The predicted octanol–water partition coefficient (Wildman–Crippen LogP) is 4.47. The Bertz CT molecular complexity index is 1010. The van der Waals surface area contributed by atoms with Gasteiger partial charge in [-0.1, -0.05) is 41.9 Å². The second kappa shape index (κ2) is 9.30. The molecule has 0 aliphatic carbocycles. The number of hydrogen-bond acceptors (Lipinski definition) is 3. The van der Waals surface area contributed by atoms with Crippen LogP contribution in [0.5, 0.6) is 5.75 Å². The van der Waals surface area contributed by atoms with E-state index >= 15 is 0 Å². The number of rotatable bonds is 8. The summed E-state index contributed by atoms with van der Waals surface area (Å²) in [5, 5.41) is 12.3. The lowest BCUT2D eigenvalue weighted by Gasteiger charge is -2.14. The molecule has 1 aromatic heterocycles. The molecule has 1 heterocycles. The number of nitrogens with one attached hydrogen (secondary N) is 1. The van der Waals surface area contributed by atoms with Gasteiger partial charge in [-0.05, 0) is 42.3 Å². The third kappa shape index (κ3) is 5.18. The summed E-state index contributed by atoms with van der Waals surface area (Å²) in [6.45, 7) is 0.0514. The van der Waals surface area contributed by atoms with Crippen molar-refractivity contribution in [2.45, 2.75) is 19.4 Å². The minimum absolute atomic E-state index is 0.00600. The SMILES string of the molecule is COc1ccc(NC(=O)Cn2c(CCC(=O)O)ccc2-c2ccccc2)cc1Cl. The first kappa shape index (κ1) is 20.5. The molecule has 3 aromatic rings. The van der Waals surface area contributed by atoms with E-state index < -0.39 is 5.97 Å². The molecule has 29 heavy (non-hydrogen) atoms. The molecule has 0 radical (unpaired) electrons. The number of benzene rings is 2. The Morgan fingerprint density at radius 3 is 2.52 bits per heavy atom. The maximum Gasteiger partial charge on any atom is 0.303 e. The van der Waals surface area contributed by atoms with Gasteiger partial charge >= 0.3 is 5.97 Å². The number of carboxylic acids is 1. The lowest BCUT2D eigenvalue weighted by atomic mass is 10.1. The summed E-state index contributed by atoms with van der Waals surface area (Å²) < 4.78 is 6.97. The molecular formula is C22H21ClN2O4. The summed E-state index contributed by atoms with van der Waals surface area (Å²) in [5.74, 6) is -0.593. The second-order valence-electron chi connectivity index (χ2n) is 6.45.